The second kappa shape index (κ2) is 3.52. The number of rotatable bonds is 1. The third-order valence-electron chi connectivity index (χ3n) is 2.56. The topological polar surface area (TPSA) is 34.0 Å². The second-order valence-electron chi connectivity index (χ2n) is 4.25. The first-order valence-electron chi connectivity index (χ1n) is 4.91. The van der Waals surface area contributed by atoms with E-state index in [4.69, 9.17) is 0 Å². The van der Waals surface area contributed by atoms with Gasteiger partial charge in [0.2, 0.25) is 0 Å². The van der Waals surface area contributed by atoms with Crippen LogP contribution in [-0.4, -0.2) is 46.0 Å². The fraction of sp³-hybridized carbons (Fsp3) is 0.778. The van der Waals surface area contributed by atoms with Crippen LogP contribution < -0.4 is 0 Å². The van der Waals surface area contributed by atoms with Crippen LogP contribution in [-0.2, 0) is 0 Å². The Morgan fingerprint density at radius 1 is 1.53 bits per heavy atom. The molecule has 1 saturated heterocycles. The summed E-state index contributed by atoms with van der Waals surface area (Å²) in [7, 11) is 1.70. The van der Waals surface area contributed by atoms with Gasteiger partial charge in [0, 0.05) is 19.2 Å². The fourth-order valence-corrected chi connectivity index (χ4v) is 2.01. The van der Waals surface area contributed by atoms with Crippen LogP contribution in [0.2, 0.25) is 0 Å². The van der Waals surface area contributed by atoms with Gasteiger partial charge in [-0.05, 0) is 14.0 Å². The maximum atomic E-state index is 13.3. The molecule has 0 N–H and O–H groups in total. The summed E-state index contributed by atoms with van der Waals surface area (Å²) in [6, 6.07) is -0.278. The van der Waals surface area contributed by atoms with Gasteiger partial charge in [-0.1, -0.05) is 5.21 Å². The molecule has 1 atom stereocenters. The first-order valence-corrected chi connectivity index (χ1v) is 4.91. The molecular formula is C9H14F2N4. The van der Waals surface area contributed by atoms with E-state index >= 15 is 0 Å². The summed E-state index contributed by atoms with van der Waals surface area (Å²) in [4.78, 5) is 1.63. The van der Waals surface area contributed by atoms with Crippen molar-refractivity contribution < 1.29 is 8.78 Å². The standard InChI is InChI=1S/C9H14F2N4/c1-7-4-15(13-12-7)8-3-9(10,11)6-14(2)5-8/h4,8H,3,5-6H2,1-2H3. The summed E-state index contributed by atoms with van der Waals surface area (Å²) < 4.78 is 28.1. The number of nitrogens with zero attached hydrogens (tertiary/aromatic N) is 4. The Morgan fingerprint density at radius 2 is 2.27 bits per heavy atom. The smallest absolute Gasteiger partial charge is 0.262 e. The quantitative estimate of drug-likeness (QED) is 0.705. The highest BCUT2D eigenvalue weighted by molar-refractivity contribution is 4.92. The van der Waals surface area contributed by atoms with Crippen molar-refractivity contribution in [3.63, 3.8) is 0 Å². The molecule has 1 aromatic rings. The van der Waals surface area contributed by atoms with E-state index in [2.05, 4.69) is 10.3 Å². The minimum Gasteiger partial charge on any atom is -0.298 e. The number of alkyl halides is 2. The normalized spacial score (nSPS) is 26.8. The minimum atomic E-state index is -2.63. The molecule has 0 bridgehead atoms. The molecular weight excluding hydrogens is 202 g/mol. The minimum absolute atomic E-state index is 0.153. The van der Waals surface area contributed by atoms with E-state index in [0.29, 0.717) is 6.54 Å². The van der Waals surface area contributed by atoms with Gasteiger partial charge in [-0.2, -0.15) is 0 Å². The lowest BCUT2D eigenvalue weighted by molar-refractivity contribution is -0.0763. The summed E-state index contributed by atoms with van der Waals surface area (Å²) >= 11 is 0. The summed E-state index contributed by atoms with van der Waals surface area (Å²) in [5.41, 5.74) is 0.756. The Morgan fingerprint density at radius 3 is 2.80 bits per heavy atom. The number of hydrogen-bond donors (Lipinski definition) is 0. The number of likely N-dealkylation sites (N-methyl/N-ethyl adjacent to an activating group) is 1. The van der Waals surface area contributed by atoms with Crippen LogP contribution in [0.15, 0.2) is 6.20 Å². The van der Waals surface area contributed by atoms with E-state index in [-0.39, 0.29) is 19.0 Å². The lowest BCUT2D eigenvalue weighted by Crippen LogP contribution is -2.45. The van der Waals surface area contributed by atoms with Gasteiger partial charge in [0.05, 0.1) is 18.3 Å². The fourth-order valence-electron chi connectivity index (χ4n) is 2.01. The van der Waals surface area contributed by atoms with Crippen molar-refractivity contribution in [1.29, 1.82) is 0 Å². The average molecular weight is 216 g/mol. The second-order valence-corrected chi connectivity index (χ2v) is 4.25. The molecule has 0 spiro atoms. The van der Waals surface area contributed by atoms with Crippen molar-refractivity contribution >= 4 is 0 Å². The van der Waals surface area contributed by atoms with Crippen molar-refractivity contribution in [1.82, 2.24) is 19.9 Å². The van der Waals surface area contributed by atoms with Gasteiger partial charge in [0.15, 0.2) is 0 Å². The summed E-state index contributed by atoms with van der Waals surface area (Å²) in [6.45, 7) is 2.23. The van der Waals surface area contributed by atoms with Gasteiger partial charge < -0.3 is 0 Å². The molecule has 2 heterocycles. The molecule has 1 aliphatic rings. The highest BCUT2D eigenvalue weighted by Gasteiger charge is 2.40. The highest BCUT2D eigenvalue weighted by Crippen LogP contribution is 2.31. The SMILES string of the molecule is Cc1cn(C2CN(C)CC(F)(F)C2)nn1. The Hall–Kier alpha value is -1.04. The first-order chi connectivity index (χ1) is 6.96. The largest absolute Gasteiger partial charge is 0.298 e. The summed E-state index contributed by atoms with van der Waals surface area (Å²) in [5.74, 6) is -2.63. The summed E-state index contributed by atoms with van der Waals surface area (Å²) in [6.07, 6.45) is 1.56. The molecule has 1 aromatic heterocycles. The molecule has 0 aromatic carbocycles. The number of aromatic nitrogens is 3. The number of piperidine rings is 1. The maximum Gasteiger partial charge on any atom is 0.262 e. The zero-order chi connectivity index (χ0) is 11.1. The van der Waals surface area contributed by atoms with Gasteiger partial charge in [-0.25, -0.2) is 13.5 Å². The number of aryl methyl sites for hydroxylation is 1. The molecule has 6 heteroatoms. The molecule has 1 unspecified atom stereocenters. The van der Waals surface area contributed by atoms with Crippen LogP contribution in [0.25, 0.3) is 0 Å². The molecule has 0 saturated carbocycles. The van der Waals surface area contributed by atoms with Crippen molar-refractivity contribution in [3.05, 3.63) is 11.9 Å². The van der Waals surface area contributed by atoms with Crippen LogP contribution in [0.3, 0.4) is 0 Å². The van der Waals surface area contributed by atoms with Gasteiger partial charge >= 0.3 is 0 Å². The van der Waals surface area contributed by atoms with Crippen LogP contribution in [0.5, 0.6) is 0 Å². The number of halogens is 2. The molecule has 4 nitrogen and oxygen atoms in total. The van der Waals surface area contributed by atoms with E-state index in [0.717, 1.165) is 5.69 Å². The van der Waals surface area contributed by atoms with Gasteiger partial charge in [-0.15, -0.1) is 5.10 Å². The van der Waals surface area contributed by atoms with Crippen molar-refractivity contribution in [2.24, 2.45) is 0 Å². The molecule has 0 radical (unpaired) electrons. The Bertz CT molecular complexity index is 350. The van der Waals surface area contributed by atoms with Crippen LogP contribution >= 0.6 is 0 Å². The van der Waals surface area contributed by atoms with Gasteiger partial charge in [-0.3, -0.25) is 4.90 Å². The molecule has 15 heavy (non-hydrogen) atoms. The monoisotopic (exact) mass is 216 g/mol. The number of likely N-dealkylation sites (tertiary alicyclic amines) is 1. The molecule has 0 amide bonds. The van der Waals surface area contributed by atoms with Gasteiger partial charge in [0.25, 0.3) is 5.92 Å². The zero-order valence-corrected chi connectivity index (χ0v) is 8.82. The van der Waals surface area contributed by atoms with E-state index < -0.39 is 5.92 Å². The first kappa shape index (κ1) is 10.5. The van der Waals surface area contributed by atoms with Crippen LogP contribution in [0.1, 0.15) is 18.2 Å². The van der Waals surface area contributed by atoms with E-state index in [1.165, 1.54) is 0 Å². The lowest BCUT2D eigenvalue weighted by atomic mass is 10.0. The molecule has 2 rings (SSSR count). The predicted octanol–water partition coefficient (Wildman–Crippen LogP) is 1.10. The number of hydrogen-bond acceptors (Lipinski definition) is 3. The van der Waals surface area contributed by atoms with Crippen molar-refractivity contribution in [3.8, 4) is 0 Å². The lowest BCUT2D eigenvalue weighted by Gasteiger charge is -2.35. The molecule has 0 aliphatic carbocycles. The van der Waals surface area contributed by atoms with E-state index in [1.807, 2.05) is 0 Å². The maximum absolute atomic E-state index is 13.3. The van der Waals surface area contributed by atoms with Gasteiger partial charge in [0.1, 0.15) is 0 Å². The Kier molecular flexibility index (Phi) is 2.46. The zero-order valence-electron chi connectivity index (χ0n) is 8.82. The van der Waals surface area contributed by atoms with Crippen molar-refractivity contribution in [2.45, 2.75) is 25.3 Å². The van der Waals surface area contributed by atoms with Crippen LogP contribution in [0.4, 0.5) is 8.78 Å². The molecule has 1 aliphatic heterocycles. The summed E-state index contributed by atoms with van der Waals surface area (Å²) in [5, 5.41) is 7.66. The predicted molar refractivity (Wildman–Crippen MR) is 50.9 cm³/mol. The third-order valence-corrected chi connectivity index (χ3v) is 2.56. The van der Waals surface area contributed by atoms with Crippen LogP contribution in [0, 0.1) is 6.92 Å². The third kappa shape index (κ3) is 2.31. The van der Waals surface area contributed by atoms with E-state index in [9.17, 15) is 8.78 Å². The average Bonchev–Trinajstić information content (AvgIpc) is 2.48. The Labute approximate surface area is 86.9 Å². The molecule has 84 valence electrons. The highest BCUT2D eigenvalue weighted by atomic mass is 19.3. The molecule has 1 fully saturated rings. The van der Waals surface area contributed by atoms with E-state index in [1.54, 1.807) is 29.7 Å². The Balaban J connectivity index is 2.16. The van der Waals surface area contributed by atoms with Crippen molar-refractivity contribution in [2.75, 3.05) is 20.1 Å².